The lowest BCUT2D eigenvalue weighted by molar-refractivity contribution is -0.0721. The lowest BCUT2D eigenvalue weighted by Gasteiger charge is -2.35. The van der Waals surface area contributed by atoms with Crippen molar-refractivity contribution in [3.63, 3.8) is 0 Å². The zero-order valence-electron chi connectivity index (χ0n) is 16.1. The second-order valence-electron chi connectivity index (χ2n) is 7.18. The van der Waals surface area contributed by atoms with Crippen molar-refractivity contribution in [3.8, 4) is 0 Å². The van der Waals surface area contributed by atoms with Gasteiger partial charge in [-0.05, 0) is 51.2 Å². The van der Waals surface area contributed by atoms with Crippen LogP contribution >= 0.6 is 0 Å². The highest BCUT2D eigenvalue weighted by atomic mass is 16.5. The number of hydrogen-bond acceptors (Lipinski definition) is 4. The first-order valence-electron chi connectivity index (χ1n) is 9.86. The molecule has 3 rings (SSSR count). The van der Waals surface area contributed by atoms with Crippen molar-refractivity contribution < 1.29 is 9.47 Å². The maximum atomic E-state index is 6.10. The number of guanidine groups is 1. The Morgan fingerprint density at radius 2 is 2.15 bits per heavy atom. The minimum absolute atomic E-state index is 0.304. The highest BCUT2D eigenvalue weighted by molar-refractivity contribution is 5.79. The molecule has 0 bridgehead atoms. The molecule has 3 heterocycles. The number of hydrogen-bond donors (Lipinski definition) is 1. The molecule has 0 radical (unpaired) electrons. The van der Waals surface area contributed by atoms with E-state index in [2.05, 4.69) is 20.2 Å². The van der Waals surface area contributed by atoms with Crippen LogP contribution in [0.3, 0.4) is 0 Å². The zero-order chi connectivity index (χ0) is 18.2. The molecule has 1 N–H and O–H groups in total. The Morgan fingerprint density at radius 3 is 2.85 bits per heavy atom. The minimum Gasteiger partial charge on any atom is -0.376 e. The van der Waals surface area contributed by atoms with Crippen molar-refractivity contribution in [2.45, 2.75) is 57.8 Å². The summed E-state index contributed by atoms with van der Waals surface area (Å²) >= 11 is 0. The highest BCUT2D eigenvalue weighted by Gasteiger charge is 2.23. The minimum atomic E-state index is 0.304. The van der Waals surface area contributed by atoms with Gasteiger partial charge in [-0.2, -0.15) is 0 Å². The van der Waals surface area contributed by atoms with Crippen molar-refractivity contribution in [2.24, 2.45) is 4.99 Å². The summed E-state index contributed by atoms with van der Waals surface area (Å²) in [6.07, 6.45) is 6.32. The summed E-state index contributed by atoms with van der Waals surface area (Å²) in [5, 5.41) is 3.43. The Balaban J connectivity index is 1.39. The van der Waals surface area contributed by atoms with Crippen LogP contribution in [0.5, 0.6) is 0 Å². The number of rotatable bonds is 5. The van der Waals surface area contributed by atoms with Crippen molar-refractivity contribution in [1.29, 1.82) is 0 Å². The van der Waals surface area contributed by atoms with E-state index in [0.29, 0.717) is 18.8 Å². The number of aromatic nitrogens is 1. The number of ether oxygens (including phenoxy) is 2. The van der Waals surface area contributed by atoms with Crippen LogP contribution in [0.15, 0.2) is 23.2 Å². The SMILES string of the molecule is CN=C(NCc1cccc(C)n1)N1CCC(OCC2CCCCO2)CC1. The summed E-state index contributed by atoms with van der Waals surface area (Å²) in [5.41, 5.74) is 2.08. The fraction of sp³-hybridized carbons (Fsp3) is 0.700. The predicted molar refractivity (Wildman–Crippen MR) is 103 cm³/mol. The number of nitrogens with one attached hydrogen (secondary N) is 1. The van der Waals surface area contributed by atoms with Gasteiger partial charge in [0.1, 0.15) is 0 Å². The Morgan fingerprint density at radius 1 is 1.31 bits per heavy atom. The lowest BCUT2D eigenvalue weighted by Crippen LogP contribution is -2.47. The van der Waals surface area contributed by atoms with E-state index in [0.717, 1.165) is 62.9 Å². The van der Waals surface area contributed by atoms with E-state index >= 15 is 0 Å². The number of likely N-dealkylation sites (tertiary alicyclic amines) is 1. The van der Waals surface area contributed by atoms with Crippen LogP contribution in [0.25, 0.3) is 0 Å². The Kier molecular flexibility index (Phi) is 7.26. The fourth-order valence-electron chi connectivity index (χ4n) is 3.62. The summed E-state index contributed by atoms with van der Waals surface area (Å²) in [4.78, 5) is 11.3. The molecule has 144 valence electrons. The number of pyridine rings is 1. The third-order valence-electron chi connectivity index (χ3n) is 5.12. The Bertz CT molecular complexity index is 579. The van der Waals surface area contributed by atoms with Gasteiger partial charge in [0, 0.05) is 32.4 Å². The first-order valence-corrected chi connectivity index (χ1v) is 9.86. The zero-order valence-corrected chi connectivity index (χ0v) is 16.1. The van der Waals surface area contributed by atoms with Gasteiger partial charge in [-0.1, -0.05) is 6.07 Å². The molecule has 1 atom stereocenters. The van der Waals surface area contributed by atoms with E-state index in [1.54, 1.807) is 0 Å². The van der Waals surface area contributed by atoms with Crippen molar-refractivity contribution in [1.82, 2.24) is 15.2 Å². The number of aliphatic imine (C=N–C) groups is 1. The molecule has 2 aliphatic rings. The Hall–Kier alpha value is -1.66. The molecule has 2 fully saturated rings. The van der Waals surface area contributed by atoms with Gasteiger partial charge >= 0.3 is 0 Å². The summed E-state index contributed by atoms with van der Waals surface area (Å²) < 4.78 is 11.9. The van der Waals surface area contributed by atoms with Gasteiger partial charge < -0.3 is 19.7 Å². The first-order chi connectivity index (χ1) is 12.7. The molecule has 26 heavy (non-hydrogen) atoms. The van der Waals surface area contributed by atoms with E-state index in [9.17, 15) is 0 Å². The molecular formula is C20H32N4O2. The Labute approximate surface area is 157 Å². The number of piperidine rings is 1. The maximum Gasteiger partial charge on any atom is 0.193 e. The third-order valence-corrected chi connectivity index (χ3v) is 5.12. The fourth-order valence-corrected chi connectivity index (χ4v) is 3.62. The van der Waals surface area contributed by atoms with Gasteiger partial charge in [0.2, 0.25) is 0 Å². The molecule has 1 unspecified atom stereocenters. The van der Waals surface area contributed by atoms with E-state index in [1.807, 2.05) is 32.2 Å². The molecule has 0 aliphatic carbocycles. The van der Waals surface area contributed by atoms with Crippen molar-refractivity contribution in [2.75, 3.05) is 33.4 Å². The third kappa shape index (κ3) is 5.68. The molecule has 2 saturated heterocycles. The average Bonchev–Trinajstić information content (AvgIpc) is 2.69. The summed E-state index contributed by atoms with van der Waals surface area (Å²) in [7, 11) is 1.84. The second kappa shape index (κ2) is 9.88. The number of nitrogens with zero attached hydrogens (tertiary/aromatic N) is 3. The number of aryl methyl sites for hydroxylation is 1. The molecule has 1 aromatic rings. The lowest BCUT2D eigenvalue weighted by atomic mass is 10.1. The topological polar surface area (TPSA) is 59.0 Å². The smallest absolute Gasteiger partial charge is 0.193 e. The van der Waals surface area contributed by atoms with Crippen LogP contribution in [0.4, 0.5) is 0 Å². The second-order valence-corrected chi connectivity index (χ2v) is 7.18. The summed E-state index contributed by atoms with van der Waals surface area (Å²) in [6, 6.07) is 6.10. The van der Waals surface area contributed by atoms with E-state index in [1.165, 1.54) is 12.8 Å². The van der Waals surface area contributed by atoms with Crippen LogP contribution < -0.4 is 5.32 Å². The predicted octanol–water partition coefficient (Wildman–Crippen LogP) is 2.52. The summed E-state index contributed by atoms with van der Waals surface area (Å²) in [6.45, 7) is 6.29. The van der Waals surface area contributed by atoms with Crippen LogP contribution in [0, 0.1) is 6.92 Å². The summed E-state index contributed by atoms with van der Waals surface area (Å²) in [5.74, 6) is 0.947. The monoisotopic (exact) mass is 360 g/mol. The molecule has 6 nitrogen and oxygen atoms in total. The highest BCUT2D eigenvalue weighted by Crippen LogP contribution is 2.18. The quantitative estimate of drug-likeness (QED) is 0.646. The molecule has 0 saturated carbocycles. The van der Waals surface area contributed by atoms with Crippen LogP contribution in [-0.2, 0) is 16.0 Å². The van der Waals surface area contributed by atoms with Gasteiger partial charge in [0.25, 0.3) is 0 Å². The molecule has 0 spiro atoms. The van der Waals surface area contributed by atoms with Gasteiger partial charge in [0.05, 0.1) is 31.1 Å². The molecule has 6 heteroatoms. The largest absolute Gasteiger partial charge is 0.376 e. The standard InChI is InChI=1S/C20H32N4O2/c1-16-6-5-7-17(23-16)14-22-20(21-2)24-11-9-18(10-12-24)26-15-19-8-3-4-13-25-19/h5-7,18-19H,3-4,8-15H2,1-2H3,(H,21,22). The van der Waals surface area contributed by atoms with E-state index in [4.69, 9.17) is 9.47 Å². The van der Waals surface area contributed by atoms with Gasteiger partial charge in [-0.15, -0.1) is 0 Å². The first kappa shape index (κ1) is 19.1. The molecule has 0 amide bonds. The molecule has 1 aromatic heterocycles. The van der Waals surface area contributed by atoms with Crippen molar-refractivity contribution >= 4 is 5.96 Å². The van der Waals surface area contributed by atoms with E-state index in [-0.39, 0.29) is 0 Å². The normalized spacial score (nSPS) is 22.5. The molecule has 2 aliphatic heterocycles. The van der Waals surface area contributed by atoms with Gasteiger partial charge in [-0.25, -0.2) is 0 Å². The maximum absolute atomic E-state index is 6.10. The van der Waals surface area contributed by atoms with Gasteiger partial charge in [-0.3, -0.25) is 9.98 Å². The van der Waals surface area contributed by atoms with Crippen LogP contribution in [0.2, 0.25) is 0 Å². The average molecular weight is 361 g/mol. The van der Waals surface area contributed by atoms with Crippen LogP contribution in [0.1, 0.15) is 43.5 Å². The van der Waals surface area contributed by atoms with Crippen molar-refractivity contribution in [3.05, 3.63) is 29.6 Å². The molecule has 0 aromatic carbocycles. The van der Waals surface area contributed by atoms with Gasteiger partial charge in [0.15, 0.2) is 5.96 Å². The molecular weight excluding hydrogens is 328 g/mol. The van der Waals surface area contributed by atoms with Crippen LogP contribution in [-0.4, -0.2) is 61.4 Å². The van der Waals surface area contributed by atoms with E-state index < -0.39 is 0 Å².